The lowest BCUT2D eigenvalue weighted by atomic mass is 10.1. The number of benzene rings is 2. The van der Waals surface area contributed by atoms with Crippen molar-refractivity contribution in [2.45, 2.75) is 25.4 Å². The lowest BCUT2D eigenvalue weighted by molar-refractivity contribution is -0.146. The third-order valence-electron chi connectivity index (χ3n) is 5.80. The van der Waals surface area contributed by atoms with E-state index in [2.05, 4.69) is 4.98 Å². The number of ether oxygens (including phenoxy) is 1. The van der Waals surface area contributed by atoms with E-state index in [0.717, 1.165) is 31.0 Å². The molecule has 3 heterocycles. The number of nitrogens with zero attached hydrogens (tertiary/aromatic N) is 3. The van der Waals surface area contributed by atoms with Crippen LogP contribution in [0.1, 0.15) is 34.6 Å². The van der Waals surface area contributed by atoms with Gasteiger partial charge in [0.1, 0.15) is 11.9 Å². The highest BCUT2D eigenvalue weighted by Crippen LogP contribution is 2.28. The molecule has 0 saturated carbocycles. The second-order valence-corrected chi connectivity index (χ2v) is 7.57. The third-order valence-corrected chi connectivity index (χ3v) is 5.80. The fourth-order valence-corrected chi connectivity index (χ4v) is 4.37. The Kier molecular flexibility index (Phi) is 4.25. The molecule has 1 saturated heterocycles. The number of likely N-dealkylation sites (tertiary alicyclic amines) is 1. The molecule has 152 valence electrons. The van der Waals surface area contributed by atoms with Crippen LogP contribution in [-0.2, 0) is 16.1 Å². The molecule has 2 aliphatic rings. The van der Waals surface area contributed by atoms with E-state index >= 15 is 0 Å². The van der Waals surface area contributed by atoms with Gasteiger partial charge in [0.05, 0.1) is 29.3 Å². The van der Waals surface area contributed by atoms with Crippen molar-refractivity contribution in [3.05, 3.63) is 69.5 Å². The highest BCUT2D eigenvalue weighted by Gasteiger charge is 2.32. The van der Waals surface area contributed by atoms with E-state index < -0.39 is 11.6 Å². The molecule has 1 fully saturated rings. The first-order valence-corrected chi connectivity index (χ1v) is 9.70. The quantitative estimate of drug-likeness (QED) is 0.485. The normalized spacial score (nSPS) is 17.9. The fraction of sp³-hybridized carbons (Fsp3) is 0.273. The van der Waals surface area contributed by atoms with Crippen LogP contribution in [0.15, 0.2) is 41.2 Å². The highest BCUT2D eigenvalue weighted by molar-refractivity contribution is 6.13. The van der Waals surface area contributed by atoms with Gasteiger partial charge in [0.2, 0.25) is 5.78 Å². The highest BCUT2D eigenvalue weighted by atomic mass is 19.1. The van der Waals surface area contributed by atoms with E-state index in [-0.39, 0.29) is 29.0 Å². The second kappa shape index (κ2) is 6.84. The first-order valence-electron chi connectivity index (χ1n) is 9.70. The third kappa shape index (κ3) is 2.75. The van der Waals surface area contributed by atoms with Crippen LogP contribution >= 0.6 is 0 Å². The van der Waals surface area contributed by atoms with Gasteiger partial charge in [-0.05, 0) is 55.3 Å². The molecule has 5 rings (SSSR count). The minimum atomic E-state index is -0.541. The van der Waals surface area contributed by atoms with E-state index in [1.165, 1.54) is 23.8 Å². The summed E-state index contributed by atoms with van der Waals surface area (Å²) in [7, 11) is 1.38. The summed E-state index contributed by atoms with van der Waals surface area (Å²) in [6.07, 6.45) is 1.65. The molecule has 1 unspecified atom stereocenters. The molecule has 8 heteroatoms. The molecule has 0 N–H and O–H groups in total. The zero-order valence-electron chi connectivity index (χ0n) is 16.2. The second-order valence-electron chi connectivity index (χ2n) is 7.57. The first-order chi connectivity index (χ1) is 14.5. The summed E-state index contributed by atoms with van der Waals surface area (Å²) in [5, 5.41) is 0.370. The Morgan fingerprint density at radius 3 is 2.87 bits per heavy atom. The molecule has 2 aliphatic heterocycles. The maximum atomic E-state index is 13.6. The minimum absolute atomic E-state index is 0.00820. The zero-order chi connectivity index (χ0) is 21.0. The average Bonchev–Trinajstić information content (AvgIpc) is 3.31. The Balaban J connectivity index is 1.57. The lowest BCUT2D eigenvalue weighted by Gasteiger charge is -2.22. The van der Waals surface area contributed by atoms with Gasteiger partial charge in [-0.2, -0.15) is 0 Å². The number of halogens is 1. The van der Waals surface area contributed by atoms with Crippen LogP contribution in [0.5, 0.6) is 0 Å². The van der Waals surface area contributed by atoms with E-state index in [1.807, 2.05) is 11.0 Å². The van der Waals surface area contributed by atoms with Gasteiger partial charge in [0, 0.05) is 6.54 Å². The van der Waals surface area contributed by atoms with Crippen molar-refractivity contribution in [3.8, 4) is 5.69 Å². The number of esters is 1. The van der Waals surface area contributed by atoms with Crippen molar-refractivity contribution < 1.29 is 18.7 Å². The molecule has 7 nitrogen and oxygen atoms in total. The number of fused-ring (bicyclic) bond motifs is 4. The summed E-state index contributed by atoms with van der Waals surface area (Å²) in [6, 6.07) is 8.76. The van der Waals surface area contributed by atoms with Gasteiger partial charge in [-0.1, -0.05) is 6.07 Å². The molecule has 3 aromatic rings. The van der Waals surface area contributed by atoms with Crippen molar-refractivity contribution in [2.24, 2.45) is 0 Å². The predicted octanol–water partition coefficient (Wildman–Crippen LogP) is 2.21. The van der Waals surface area contributed by atoms with E-state index in [0.29, 0.717) is 23.1 Å². The summed E-state index contributed by atoms with van der Waals surface area (Å²) in [6.45, 7) is 1.27. The topological polar surface area (TPSA) is 81.5 Å². The lowest BCUT2D eigenvalue weighted by Crippen LogP contribution is -2.36. The van der Waals surface area contributed by atoms with Gasteiger partial charge in [0.15, 0.2) is 5.82 Å². The number of methoxy groups -OCH3 is 1. The fourth-order valence-electron chi connectivity index (χ4n) is 4.37. The van der Waals surface area contributed by atoms with Crippen LogP contribution in [-0.4, -0.2) is 45.9 Å². The van der Waals surface area contributed by atoms with Crippen LogP contribution in [0.2, 0.25) is 0 Å². The van der Waals surface area contributed by atoms with Crippen molar-refractivity contribution in [1.29, 1.82) is 0 Å². The number of carbonyl (C=O) groups excluding carboxylic acids is 2. The SMILES string of the molecule is COC(=O)C1CCCN1Cc1ccc2nc3n(c(=O)c2c1)-c1ccc(F)cc1C3=O. The van der Waals surface area contributed by atoms with E-state index in [1.54, 1.807) is 12.1 Å². The monoisotopic (exact) mass is 407 g/mol. The molecule has 0 bridgehead atoms. The Hall–Kier alpha value is -3.39. The summed E-state index contributed by atoms with van der Waals surface area (Å²) in [4.78, 5) is 44.2. The summed E-state index contributed by atoms with van der Waals surface area (Å²) < 4.78 is 19.7. The van der Waals surface area contributed by atoms with Crippen molar-refractivity contribution in [1.82, 2.24) is 14.5 Å². The van der Waals surface area contributed by atoms with E-state index in [9.17, 15) is 18.8 Å². The minimum Gasteiger partial charge on any atom is -0.468 e. The van der Waals surface area contributed by atoms with Crippen LogP contribution in [0.3, 0.4) is 0 Å². The Morgan fingerprint density at radius 2 is 2.07 bits per heavy atom. The number of carbonyl (C=O) groups is 2. The van der Waals surface area contributed by atoms with Crippen molar-refractivity contribution >= 4 is 22.7 Å². The smallest absolute Gasteiger partial charge is 0.323 e. The molecule has 1 aromatic heterocycles. The van der Waals surface area contributed by atoms with Gasteiger partial charge < -0.3 is 4.74 Å². The number of hydrogen-bond donors (Lipinski definition) is 0. The van der Waals surface area contributed by atoms with Crippen molar-refractivity contribution in [3.63, 3.8) is 0 Å². The van der Waals surface area contributed by atoms with Crippen LogP contribution in [0.4, 0.5) is 4.39 Å². The summed E-state index contributed by atoms with van der Waals surface area (Å²) in [5.41, 5.74) is 1.37. The Labute approximate surface area is 170 Å². The first kappa shape index (κ1) is 18.6. The van der Waals surface area contributed by atoms with Crippen LogP contribution in [0.25, 0.3) is 16.6 Å². The number of ketones is 1. The molecule has 0 amide bonds. The molecule has 0 aliphatic carbocycles. The molecular weight excluding hydrogens is 389 g/mol. The van der Waals surface area contributed by atoms with Crippen LogP contribution < -0.4 is 5.56 Å². The predicted molar refractivity (Wildman–Crippen MR) is 106 cm³/mol. The molecule has 2 aromatic carbocycles. The maximum Gasteiger partial charge on any atom is 0.323 e. The largest absolute Gasteiger partial charge is 0.468 e. The maximum absolute atomic E-state index is 13.6. The molecular formula is C22H18FN3O4. The molecule has 0 radical (unpaired) electrons. The Morgan fingerprint density at radius 1 is 1.23 bits per heavy atom. The Bertz CT molecular complexity index is 1280. The summed E-state index contributed by atoms with van der Waals surface area (Å²) in [5.74, 6) is -1.27. The molecule has 1 atom stereocenters. The number of hydrogen-bond acceptors (Lipinski definition) is 6. The van der Waals surface area contributed by atoms with Gasteiger partial charge >= 0.3 is 5.97 Å². The zero-order valence-corrected chi connectivity index (χ0v) is 16.2. The average molecular weight is 407 g/mol. The van der Waals surface area contributed by atoms with Gasteiger partial charge in [-0.25, -0.2) is 9.37 Å². The van der Waals surface area contributed by atoms with Gasteiger partial charge in [-0.3, -0.25) is 23.9 Å². The molecule has 30 heavy (non-hydrogen) atoms. The van der Waals surface area contributed by atoms with Gasteiger partial charge in [0.25, 0.3) is 5.56 Å². The van der Waals surface area contributed by atoms with Crippen molar-refractivity contribution in [2.75, 3.05) is 13.7 Å². The van der Waals surface area contributed by atoms with Crippen LogP contribution in [0, 0.1) is 5.82 Å². The number of aromatic nitrogens is 2. The van der Waals surface area contributed by atoms with E-state index in [4.69, 9.17) is 4.74 Å². The molecule has 0 spiro atoms. The standard InChI is InChI=1S/C22H18FN3O4/c1-30-22(29)18-3-2-8-25(18)11-12-4-6-16-14(9-12)21(28)26-17-7-5-13(23)10-15(17)19(27)20(26)24-16/h4-7,9-10,18H,2-3,8,11H2,1H3. The summed E-state index contributed by atoms with van der Waals surface area (Å²) >= 11 is 0. The number of rotatable bonds is 3. The van der Waals surface area contributed by atoms with Gasteiger partial charge in [-0.15, -0.1) is 0 Å².